The Labute approximate surface area is 317 Å². The van der Waals surface area contributed by atoms with Crippen molar-refractivity contribution in [2.24, 2.45) is 23.7 Å². The SMILES string of the molecule is C=Cc1ccc(N2C(=O)C3CC=C4C(CC5C(=O)C(c6ccccc6)=CC(=O)C5(c5ccccc5)C4c4cc(OC)c(O)c(Br)c4Br)C3C2=O)cc1. The first-order chi connectivity index (χ1) is 25.1. The van der Waals surface area contributed by atoms with Crippen LogP contribution in [-0.4, -0.2) is 35.6 Å². The number of amides is 2. The third-order valence-electron chi connectivity index (χ3n) is 11.5. The Kier molecular flexibility index (Phi) is 8.54. The first-order valence-electron chi connectivity index (χ1n) is 17.1. The summed E-state index contributed by atoms with van der Waals surface area (Å²) in [6, 6.07) is 27.4. The van der Waals surface area contributed by atoms with Gasteiger partial charge in [0.15, 0.2) is 23.1 Å². The highest BCUT2D eigenvalue weighted by molar-refractivity contribution is 9.13. The lowest BCUT2D eigenvalue weighted by Gasteiger charge is -2.55. The lowest BCUT2D eigenvalue weighted by Crippen LogP contribution is -2.59. The third kappa shape index (κ3) is 4.89. The Morgan fingerprint density at radius 2 is 1.56 bits per heavy atom. The second kappa shape index (κ2) is 13.0. The Morgan fingerprint density at radius 1 is 0.885 bits per heavy atom. The van der Waals surface area contributed by atoms with E-state index in [9.17, 15) is 14.7 Å². The van der Waals surface area contributed by atoms with Gasteiger partial charge < -0.3 is 9.84 Å². The van der Waals surface area contributed by atoms with Gasteiger partial charge in [-0.25, -0.2) is 0 Å². The number of hydrogen-bond donors (Lipinski definition) is 1. The molecule has 2 fully saturated rings. The number of methoxy groups -OCH3 is 1. The number of halogens is 2. The van der Waals surface area contributed by atoms with Gasteiger partial charge in [0, 0.05) is 21.9 Å². The number of allylic oxidation sites excluding steroid dienone is 4. The van der Waals surface area contributed by atoms with Gasteiger partial charge in [0.2, 0.25) is 11.8 Å². The van der Waals surface area contributed by atoms with E-state index in [0.717, 1.165) is 11.1 Å². The molecule has 8 rings (SSSR count). The number of Topliss-reactive ketones (excluding diaryl/α,β-unsaturated/α-hetero) is 1. The van der Waals surface area contributed by atoms with Crippen molar-refractivity contribution in [1.82, 2.24) is 0 Å². The quantitative estimate of drug-likeness (QED) is 0.155. The Morgan fingerprint density at radius 3 is 2.21 bits per heavy atom. The molecular formula is C43H33Br2NO6. The summed E-state index contributed by atoms with van der Waals surface area (Å²) in [4.78, 5) is 60.5. The summed E-state index contributed by atoms with van der Waals surface area (Å²) < 4.78 is 6.45. The van der Waals surface area contributed by atoms with Crippen molar-refractivity contribution in [2.45, 2.75) is 24.2 Å². The number of phenolic OH excluding ortho intramolecular Hbond substituents is 1. The monoisotopic (exact) mass is 817 g/mol. The average Bonchev–Trinajstić information content (AvgIpc) is 3.44. The van der Waals surface area contributed by atoms with Crippen LogP contribution in [0.5, 0.6) is 11.5 Å². The van der Waals surface area contributed by atoms with Gasteiger partial charge in [-0.1, -0.05) is 97.1 Å². The van der Waals surface area contributed by atoms with E-state index in [1.807, 2.05) is 78.9 Å². The molecule has 260 valence electrons. The zero-order chi connectivity index (χ0) is 36.5. The van der Waals surface area contributed by atoms with E-state index in [1.165, 1.54) is 18.1 Å². The molecule has 0 aromatic heterocycles. The number of imide groups is 1. The van der Waals surface area contributed by atoms with E-state index in [0.29, 0.717) is 36.9 Å². The maximum atomic E-state index is 15.3. The molecule has 4 aliphatic rings. The largest absolute Gasteiger partial charge is 0.503 e. The highest BCUT2D eigenvalue weighted by atomic mass is 79.9. The van der Waals surface area contributed by atoms with Crippen LogP contribution in [0.2, 0.25) is 0 Å². The number of aromatic hydroxyl groups is 1. The van der Waals surface area contributed by atoms with Crippen molar-refractivity contribution in [2.75, 3.05) is 12.0 Å². The van der Waals surface area contributed by atoms with Crippen LogP contribution in [0.15, 0.2) is 124 Å². The first kappa shape index (κ1) is 34.2. The van der Waals surface area contributed by atoms with Gasteiger partial charge in [0.25, 0.3) is 0 Å². The summed E-state index contributed by atoms with van der Waals surface area (Å²) in [6.45, 7) is 3.81. The molecule has 0 bridgehead atoms. The summed E-state index contributed by atoms with van der Waals surface area (Å²) in [5.41, 5.74) is 2.96. The minimum absolute atomic E-state index is 0.125. The van der Waals surface area contributed by atoms with Crippen LogP contribution in [0.4, 0.5) is 5.69 Å². The number of fused-ring (bicyclic) bond motifs is 4. The predicted octanol–water partition coefficient (Wildman–Crippen LogP) is 8.60. The molecule has 1 heterocycles. The Bertz CT molecular complexity index is 2250. The molecular weight excluding hydrogens is 786 g/mol. The van der Waals surface area contributed by atoms with Crippen molar-refractivity contribution < 1.29 is 29.0 Å². The van der Waals surface area contributed by atoms with Crippen LogP contribution in [0.25, 0.3) is 11.6 Å². The fourth-order valence-corrected chi connectivity index (χ4v) is 10.2. The summed E-state index contributed by atoms with van der Waals surface area (Å²) in [6.07, 6.45) is 5.67. The smallest absolute Gasteiger partial charge is 0.238 e. The molecule has 4 aromatic rings. The number of rotatable bonds is 6. The number of nitrogens with zero attached hydrogens (tertiary/aromatic N) is 1. The van der Waals surface area contributed by atoms with E-state index in [-0.39, 0.29) is 47.7 Å². The van der Waals surface area contributed by atoms with E-state index in [4.69, 9.17) is 4.74 Å². The Balaban J connectivity index is 1.39. The van der Waals surface area contributed by atoms with Gasteiger partial charge in [-0.15, -0.1) is 0 Å². The molecule has 4 aromatic carbocycles. The fraction of sp³-hybridized carbons (Fsp3) is 0.209. The normalized spacial score (nSPS) is 26.6. The van der Waals surface area contributed by atoms with Crippen LogP contribution in [-0.2, 0) is 24.6 Å². The van der Waals surface area contributed by atoms with Crippen molar-refractivity contribution >= 4 is 72.6 Å². The molecule has 52 heavy (non-hydrogen) atoms. The van der Waals surface area contributed by atoms with Gasteiger partial charge in [-0.05, 0) is 97.1 Å². The molecule has 0 spiro atoms. The molecule has 2 amide bonds. The van der Waals surface area contributed by atoms with E-state index < -0.39 is 35.0 Å². The molecule has 1 saturated heterocycles. The molecule has 1 aliphatic heterocycles. The molecule has 6 atom stereocenters. The Hall–Kier alpha value is -4.86. The standard InChI is InChI=1S/C43H33Br2NO6/c1-3-23-14-16-26(17-15-23)46-41(50)28-19-18-27-30(35(28)42(46)51)20-32-39(48)29(24-10-6-4-7-11-24)22-34(47)43(32,25-12-8-5-9-13-25)36(27)31-21-33(52-2)40(49)38(45)37(31)44/h3-18,21-22,28,30,32,35-36,49H,1,19-20H2,2H3. The highest BCUT2D eigenvalue weighted by Crippen LogP contribution is 2.65. The molecule has 3 aliphatic carbocycles. The number of phenols is 1. The van der Waals surface area contributed by atoms with Crippen LogP contribution in [0.3, 0.4) is 0 Å². The lowest BCUT2D eigenvalue weighted by atomic mass is 9.44. The number of ether oxygens (including phenoxy) is 1. The van der Waals surface area contributed by atoms with Crippen molar-refractivity contribution in [1.29, 1.82) is 0 Å². The zero-order valence-corrected chi connectivity index (χ0v) is 31.3. The van der Waals surface area contributed by atoms with Gasteiger partial charge >= 0.3 is 0 Å². The number of carbonyl (C=O) groups is 4. The van der Waals surface area contributed by atoms with Gasteiger partial charge in [0.1, 0.15) is 0 Å². The van der Waals surface area contributed by atoms with E-state index >= 15 is 9.59 Å². The molecule has 1 saturated carbocycles. The van der Waals surface area contributed by atoms with Gasteiger partial charge in [-0.3, -0.25) is 24.1 Å². The minimum Gasteiger partial charge on any atom is -0.503 e. The van der Waals surface area contributed by atoms with E-state index in [2.05, 4.69) is 38.4 Å². The van der Waals surface area contributed by atoms with E-state index in [1.54, 1.807) is 24.3 Å². The van der Waals surface area contributed by atoms with Crippen LogP contribution >= 0.6 is 31.9 Å². The summed E-state index contributed by atoms with van der Waals surface area (Å²) >= 11 is 7.28. The topological polar surface area (TPSA) is 101 Å². The average molecular weight is 820 g/mol. The van der Waals surface area contributed by atoms with Gasteiger partial charge in [-0.2, -0.15) is 0 Å². The predicted molar refractivity (Wildman–Crippen MR) is 206 cm³/mol. The second-order valence-corrected chi connectivity index (χ2v) is 15.3. The third-order valence-corrected chi connectivity index (χ3v) is 13.6. The van der Waals surface area contributed by atoms with Crippen LogP contribution in [0, 0.1) is 23.7 Å². The maximum Gasteiger partial charge on any atom is 0.238 e. The number of hydrogen-bond acceptors (Lipinski definition) is 6. The van der Waals surface area contributed by atoms with Crippen molar-refractivity contribution in [3.63, 3.8) is 0 Å². The number of benzene rings is 4. The fourth-order valence-electron chi connectivity index (χ4n) is 9.21. The molecule has 1 N–H and O–H groups in total. The van der Waals surface area contributed by atoms with Crippen LogP contribution in [0.1, 0.15) is 41.0 Å². The summed E-state index contributed by atoms with van der Waals surface area (Å²) in [5, 5.41) is 11.0. The zero-order valence-electron chi connectivity index (χ0n) is 28.1. The number of anilines is 1. The summed E-state index contributed by atoms with van der Waals surface area (Å²) in [7, 11) is 1.45. The second-order valence-electron chi connectivity index (χ2n) is 13.7. The maximum absolute atomic E-state index is 15.3. The first-order valence-corrected chi connectivity index (χ1v) is 18.7. The van der Waals surface area contributed by atoms with Crippen molar-refractivity contribution in [3.05, 3.63) is 146 Å². The molecule has 9 heteroatoms. The lowest BCUT2D eigenvalue weighted by molar-refractivity contribution is -0.135. The molecule has 7 nitrogen and oxygen atoms in total. The van der Waals surface area contributed by atoms with Gasteiger partial charge in [0.05, 0.1) is 34.5 Å². The molecule has 0 radical (unpaired) electrons. The summed E-state index contributed by atoms with van der Waals surface area (Å²) in [5.74, 6) is -4.59. The number of carbonyl (C=O) groups excluding carboxylic acids is 4. The highest BCUT2D eigenvalue weighted by Gasteiger charge is 2.66. The number of ketones is 2. The minimum atomic E-state index is -1.43. The van der Waals surface area contributed by atoms with Crippen molar-refractivity contribution in [3.8, 4) is 11.5 Å². The molecule has 6 unspecified atom stereocenters. The van der Waals surface area contributed by atoms with Crippen LogP contribution < -0.4 is 9.64 Å².